The predicted octanol–water partition coefficient (Wildman–Crippen LogP) is 1.53. The number of nitrogens with zero attached hydrogens (tertiary/aromatic N) is 1. The Balaban J connectivity index is 1.99. The number of Topliss-reactive ketones (excluding diaryl/α,β-unsaturated/α-hetero) is 1. The van der Waals surface area contributed by atoms with Crippen LogP contribution in [0, 0.1) is 0 Å². The number of carbonyl (C=O) groups is 2. The molecule has 0 atom stereocenters. The molecule has 2 heterocycles. The van der Waals surface area contributed by atoms with Gasteiger partial charge in [0.2, 0.25) is 0 Å². The average molecular weight is 258 g/mol. The van der Waals surface area contributed by atoms with Crippen LogP contribution in [0.3, 0.4) is 0 Å². The molecule has 0 spiro atoms. The van der Waals surface area contributed by atoms with Crippen LogP contribution in [-0.2, 0) is 11.2 Å². The number of ketones is 1. The highest BCUT2D eigenvalue weighted by molar-refractivity contribution is 6.52. The monoisotopic (exact) mass is 258 g/mol. The van der Waals surface area contributed by atoms with Crippen molar-refractivity contribution in [2.45, 2.75) is 32.2 Å². The lowest BCUT2D eigenvalue weighted by molar-refractivity contribution is -0.114. The third-order valence-corrected chi connectivity index (χ3v) is 4.06. The molecule has 100 valence electrons. The molecule has 4 heteroatoms. The van der Waals surface area contributed by atoms with Crippen molar-refractivity contribution in [3.63, 3.8) is 0 Å². The topological polar surface area (TPSA) is 49.4 Å². The first-order valence-electron chi connectivity index (χ1n) is 6.94. The second kappa shape index (κ2) is 4.78. The SMILES string of the molecule is CCc1ccc2c(c1)C(=O)C(=O)N2C1CCNCC1. The zero-order valence-corrected chi connectivity index (χ0v) is 11.1. The standard InChI is InChI=1S/C15H18N2O2/c1-2-10-3-4-13-12(9-10)14(18)15(19)17(13)11-5-7-16-8-6-11/h3-4,9,11,16H,2,5-8H2,1H3. The normalized spacial score (nSPS) is 19.9. The summed E-state index contributed by atoms with van der Waals surface area (Å²) in [4.78, 5) is 26.0. The molecule has 2 aliphatic rings. The smallest absolute Gasteiger partial charge is 0.299 e. The van der Waals surface area contributed by atoms with Crippen LogP contribution in [-0.4, -0.2) is 30.8 Å². The summed E-state index contributed by atoms with van der Waals surface area (Å²) in [6, 6.07) is 5.97. The Morgan fingerprint density at radius 2 is 2.00 bits per heavy atom. The largest absolute Gasteiger partial charge is 0.317 e. The third kappa shape index (κ3) is 1.96. The highest BCUT2D eigenvalue weighted by Crippen LogP contribution is 2.33. The van der Waals surface area contributed by atoms with Gasteiger partial charge in [-0.15, -0.1) is 0 Å². The molecule has 0 saturated carbocycles. The maximum Gasteiger partial charge on any atom is 0.299 e. The summed E-state index contributed by atoms with van der Waals surface area (Å²) in [5.41, 5.74) is 2.49. The van der Waals surface area contributed by atoms with Crippen LogP contribution in [0.15, 0.2) is 18.2 Å². The fourth-order valence-corrected chi connectivity index (χ4v) is 2.96. The number of benzene rings is 1. The van der Waals surface area contributed by atoms with Crippen LogP contribution < -0.4 is 10.2 Å². The third-order valence-electron chi connectivity index (χ3n) is 4.06. The molecule has 1 aromatic carbocycles. The summed E-state index contributed by atoms with van der Waals surface area (Å²) < 4.78 is 0. The van der Waals surface area contributed by atoms with Gasteiger partial charge >= 0.3 is 0 Å². The van der Waals surface area contributed by atoms with E-state index < -0.39 is 0 Å². The molecule has 1 saturated heterocycles. The second-order valence-electron chi connectivity index (χ2n) is 5.19. The first-order valence-corrected chi connectivity index (χ1v) is 6.94. The van der Waals surface area contributed by atoms with Crippen molar-refractivity contribution in [1.82, 2.24) is 5.32 Å². The Kier molecular flexibility index (Phi) is 3.11. The van der Waals surface area contributed by atoms with E-state index in [9.17, 15) is 9.59 Å². The van der Waals surface area contributed by atoms with E-state index in [2.05, 4.69) is 5.32 Å². The van der Waals surface area contributed by atoms with Gasteiger partial charge in [0.05, 0.1) is 11.3 Å². The van der Waals surface area contributed by atoms with Gasteiger partial charge in [-0.05, 0) is 50.0 Å². The van der Waals surface area contributed by atoms with E-state index in [1.807, 2.05) is 25.1 Å². The number of hydrogen-bond acceptors (Lipinski definition) is 3. The Labute approximate surface area is 112 Å². The summed E-state index contributed by atoms with van der Waals surface area (Å²) in [7, 11) is 0. The van der Waals surface area contributed by atoms with E-state index in [1.54, 1.807) is 4.90 Å². The Morgan fingerprint density at radius 3 is 2.68 bits per heavy atom. The summed E-state index contributed by atoms with van der Waals surface area (Å²) in [5, 5.41) is 3.28. The number of amides is 1. The molecular weight excluding hydrogens is 240 g/mol. The number of hydrogen-bond donors (Lipinski definition) is 1. The Bertz CT molecular complexity index is 533. The van der Waals surface area contributed by atoms with Gasteiger partial charge in [-0.25, -0.2) is 0 Å². The molecule has 1 amide bonds. The van der Waals surface area contributed by atoms with Crippen LogP contribution in [0.5, 0.6) is 0 Å². The molecular formula is C15H18N2O2. The van der Waals surface area contributed by atoms with Crippen LogP contribution >= 0.6 is 0 Å². The van der Waals surface area contributed by atoms with Gasteiger partial charge < -0.3 is 10.2 Å². The number of nitrogens with one attached hydrogen (secondary N) is 1. The summed E-state index contributed by atoms with van der Waals surface area (Å²) >= 11 is 0. The van der Waals surface area contributed by atoms with E-state index in [0.29, 0.717) is 5.56 Å². The quantitative estimate of drug-likeness (QED) is 0.818. The number of rotatable bonds is 2. The van der Waals surface area contributed by atoms with Crippen LogP contribution in [0.25, 0.3) is 0 Å². The molecule has 0 radical (unpaired) electrons. The maximum atomic E-state index is 12.2. The molecule has 1 fully saturated rings. The number of piperidine rings is 1. The van der Waals surface area contributed by atoms with Crippen molar-refractivity contribution in [3.8, 4) is 0 Å². The van der Waals surface area contributed by atoms with Gasteiger partial charge in [0.15, 0.2) is 0 Å². The van der Waals surface area contributed by atoms with Gasteiger partial charge in [-0.3, -0.25) is 9.59 Å². The molecule has 0 aromatic heterocycles. The first kappa shape index (κ1) is 12.4. The summed E-state index contributed by atoms with van der Waals surface area (Å²) in [6.45, 7) is 3.86. The number of anilines is 1. The fraction of sp³-hybridized carbons (Fsp3) is 0.467. The number of carbonyl (C=O) groups excluding carboxylic acids is 2. The van der Waals surface area contributed by atoms with E-state index in [1.165, 1.54) is 0 Å². The van der Waals surface area contributed by atoms with Gasteiger partial charge in [-0.1, -0.05) is 13.0 Å². The summed E-state index contributed by atoms with van der Waals surface area (Å²) in [5.74, 6) is -0.695. The van der Waals surface area contributed by atoms with E-state index in [-0.39, 0.29) is 17.7 Å². The number of fused-ring (bicyclic) bond motifs is 1. The minimum Gasteiger partial charge on any atom is -0.317 e. The first-order chi connectivity index (χ1) is 9.22. The zero-order chi connectivity index (χ0) is 13.4. The molecule has 4 nitrogen and oxygen atoms in total. The van der Waals surface area contributed by atoms with Crippen molar-refractivity contribution < 1.29 is 9.59 Å². The predicted molar refractivity (Wildman–Crippen MR) is 73.5 cm³/mol. The van der Waals surface area contributed by atoms with E-state index >= 15 is 0 Å². The molecule has 2 aliphatic heterocycles. The lowest BCUT2D eigenvalue weighted by atomic mass is 10.0. The maximum absolute atomic E-state index is 12.2. The van der Waals surface area contributed by atoms with Crippen LogP contribution in [0.4, 0.5) is 5.69 Å². The second-order valence-corrected chi connectivity index (χ2v) is 5.19. The van der Waals surface area contributed by atoms with Crippen molar-refractivity contribution in [2.24, 2.45) is 0 Å². The van der Waals surface area contributed by atoms with Gasteiger partial charge in [0.1, 0.15) is 0 Å². The minimum atomic E-state index is -0.352. The van der Waals surface area contributed by atoms with Crippen LogP contribution in [0.1, 0.15) is 35.7 Å². The molecule has 0 aliphatic carbocycles. The Morgan fingerprint density at radius 1 is 1.26 bits per heavy atom. The fourth-order valence-electron chi connectivity index (χ4n) is 2.96. The van der Waals surface area contributed by atoms with E-state index in [0.717, 1.165) is 43.6 Å². The zero-order valence-electron chi connectivity index (χ0n) is 11.1. The van der Waals surface area contributed by atoms with Gasteiger partial charge in [0, 0.05) is 6.04 Å². The highest BCUT2D eigenvalue weighted by atomic mass is 16.2. The van der Waals surface area contributed by atoms with Crippen molar-refractivity contribution >= 4 is 17.4 Å². The van der Waals surface area contributed by atoms with Gasteiger partial charge in [0.25, 0.3) is 11.7 Å². The van der Waals surface area contributed by atoms with E-state index in [4.69, 9.17) is 0 Å². The average Bonchev–Trinajstić information content (AvgIpc) is 2.71. The Hall–Kier alpha value is -1.68. The molecule has 0 unspecified atom stereocenters. The van der Waals surface area contributed by atoms with Crippen LogP contribution in [0.2, 0.25) is 0 Å². The minimum absolute atomic E-state index is 0.159. The van der Waals surface area contributed by atoms with Crippen molar-refractivity contribution in [2.75, 3.05) is 18.0 Å². The van der Waals surface area contributed by atoms with Crippen molar-refractivity contribution in [1.29, 1.82) is 0 Å². The number of aryl methyl sites for hydroxylation is 1. The highest BCUT2D eigenvalue weighted by Gasteiger charge is 2.39. The lowest BCUT2D eigenvalue weighted by Crippen LogP contribution is -2.45. The molecule has 1 aromatic rings. The van der Waals surface area contributed by atoms with Crippen molar-refractivity contribution in [3.05, 3.63) is 29.3 Å². The molecule has 1 N–H and O–H groups in total. The lowest BCUT2D eigenvalue weighted by Gasteiger charge is -2.31. The molecule has 19 heavy (non-hydrogen) atoms. The molecule has 0 bridgehead atoms. The molecule has 3 rings (SSSR count). The van der Waals surface area contributed by atoms with Gasteiger partial charge in [-0.2, -0.15) is 0 Å². The summed E-state index contributed by atoms with van der Waals surface area (Å²) in [6.07, 6.45) is 2.70.